The molecule has 4 nitrogen and oxygen atoms in total. The molecule has 1 N–H and O–H groups in total. The summed E-state index contributed by atoms with van der Waals surface area (Å²) in [5.41, 5.74) is 3.25. The van der Waals surface area contributed by atoms with Gasteiger partial charge in [-0.05, 0) is 27.0 Å². The smallest absolute Gasteiger partial charge is 0.248 e. The second kappa shape index (κ2) is 5.50. The first-order valence-corrected chi connectivity index (χ1v) is 6.36. The molecule has 1 aliphatic rings. The number of aryl methyl sites for hydroxylation is 1. The Balaban J connectivity index is 2.25. The zero-order valence-corrected chi connectivity index (χ0v) is 11.2. The number of anilines is 1. The Morgan fingerprint density at radius 3 is 2.89 bits per heavy atom. The number of ether oxygens (including phenoxy) is 1. The number of rotatable bonds is 5. The summed E-state index contributed by atoms with van der Waals surface area (Å²) in [5, 5.41) is 3.09. The molecule has 98 valence electrons. The number of likely N-dealkylation sites (N-methyl/N-ethyl adjacent to an activating group) is 1. The molecule has 0 fully saturated rings. The van der Waals surface area contributed by atoms with Crippen molar-refractivity contribution in [2.45, 2.75) is 19.9 Å². The molecule has 0 aromatic heterocycles. The van der Waals surface area contributed by atoms with Crippen LogP contribution >= 0.6 is 0 Å². The van der Waals surface area contributed by atoms with Crippen LogP contribution in [-0.4, -0.2) is 32.7 Å². The van der Waals surface area contributed by atoms with Gasteiger partial charge in [0.1, 0.15) is 6.04 Å². The summed E-state index contributed by atoms with van der Waals surface area (Å²) in [6.45, 7) is 5.87. The standard InChI is InChI=1S/C14H20N2O2/c1-4-18-8-7-16-12-6-5-10(2)9-11(12)13(15-3)14(16)17/h5-6,9,13,15H,4,7-8H2,1-3H3. The monoisotopic (exact) mass is 248 g/mol. The first-order valence-electron chi connectivity index (χ1n) is 6.36. The lowest BCUT2D eigenvalue weighted by atomic mass is 10.1. The van der Waals surface area contributed by atoms with E-state index in [9.17, 15) is 4.79 Å². The summed E-state index contributed by atoms with van der Waals surface area (Å²) in [5.74, 6) is 0.109. The molecule has 1 amide bonds. The van der Waals surface area contributed by atoms with Crippen LogP contribution < -0.4 is 10.2 Å². The molecule has 0 spiro atoms. The predicted octanol–water partition coefficient (Wildman–Crippen LogP) is 1.64. The zero-order chi connectivity index (χ0) is 13.1. The van der Waals surface area contributed by atoms with E-state index in [1.54, 1.807) is 0 Å². The molecule has 1 unspecified atom stereocenters. The molecule has 0 bridgehead atoms. The van der Waals surface area contributed by atoms with Gasteiger partial charge in [0.05, 0.1) is 6.61 Å². The van der Waals surface area contributed by atoms with Crippen LogP contribution in [0, 0.1) is 6.92 Å². The lowest BCUT2D eigenvalue weighted by molar-refractivity contribution is -0.120. The van der Waals surface area contributed by atoms with E-state index in [4.69, 9.17) is 4.74 Å². The first-order chi connectivity index (χ1) is 8.69. The van der Waals surface area contributed by atoms with Gasteiger partial charge < -0.3 is 15.0 Å². The molecule has 0 aliphatic carbocycles. The van der Waals surface area contributed by atoms with Crippen LogP contribution in [0.3, 0.4) is 0 Å². The van der Waals surface area contributed by atoms with E-state index in [1.807, 2.05) is 37.9 Å². The highest BCUT2D eigenvalue weighted by molar-refractivity contribution is 6.04. The van der Waals surface area contributed by atoms with Gasteiger partial charge in [0.15, 0.2) is 0 Å². The van der Waals surface area contributed by atoms with Gasteiger partial charge in [-0.25, -0.2) is 0 Å². The third kappa shape index (κ3) is 2.26. The average molecular weight is 248 g/mol. The normalized spacial score (nSPS) is 18.3. The lowest BCUT2D eigenvalue weighted by Gasteiger charge is -2.17. The number of nitrogens with zero attached hydrogens (tertiary/aromatic N) is 1. The number of benzene rings is 1. The summed E-state index contributed by atoms with van der Waals surface area (Å²) >= 11 is 0. The van der Waals surface area contributed by atoms with Gasteiger partial charge >= 0.3 is 0 Å². The molecule has 18 heavy (non-hydrogen) atoms. The molecular formula is C14H20N2O2. The number of carbonyl (C=O) groups is 1. The van der Waals surface area contributed by atoms with Gasteiger partial charge in [-0.2, -0.15) is 0 Å². The summed E-state index contributed by atoms with van der Waals surface area (Å²) in [6.07, 6.45) is 0. The number of hydrogen-bond acceptors (Lipinski definition) is 3. The van der Waals surface area contributed by atoms with Crippen molar-refractivity contribution in [1.82, 2.24) is 5.32 Å². The number of nitrogens with one attached hydrogen (secondary N) is 1. The molecule has 2 rings (SSSR count). The third-order valence-electron chi connectivity index (χ3n) is 3.25. The first kappa shape index (κ1) is 13.1. The molecular weight excluding hydrogens is 228 g/mol. The van der Waals surface area contributed by atoms with Gasteiger partial charge in [-0.3, -0.25) is 4.79 Å². The van der Waals surface area contributed by atoms with Gasteiger partial charge in [-0.1, -0.05) is 17.7 Å². The molecule has 1 atom stereocenters. The SMILES string of the molecule is CCOCCN1C(=O)C(NC)c2cc(C)ccc21. The van der Waals surface area contributed by atoms with Crippen LogP contribution in [0.1, 0.15) is 24.1 Å². The minimum Gasteiger partial charge on any atom is -0.380 e. The van der Waals surface area contributed by atoms with Crippen LogP contribution in [-0.2, 0) is 9.53 Å². The molecule has 0 saturated heterocycles. The third-order valence-corrected chi connectivity index (χ3v) is 3.25. The maximum Gasteiger partial charge on any atom is 0.248 e. The van der Waals surface area contributed by atoms with Crippen LogP contribution in [0.4, 0.5) is 5.69 Å². The Kier molecular flexibility index (Phi) is 3.99. The Morgan fingerprint density at radius 1 is 1.44 bits per heavy atom. The van der Waals surface area contributed by atoms with E-state index in [1.165, 1.54) is 5.56 Å². The average Bonchev–Trinajstić information content (AvgIpc) is 2.61. The second-order valence-corrected chi connectivity index (χ2v) is 4.47. The van der Waals surface area contributed by atoms with Crippen molar-refractivity contribution in [3.05, 3.63) is 29.3 Å². The van der Waals surface area contributed by atoms with Gasteiger partial charge in [0.25, 0.3) is 0 Å². The van der Waals surface area contributed by atoms with Crippen LogP contribution in [0.2, 0.25) is 0 Å². The largest absolute Gasteiger partial charge is 0.380 e. The Labute approximate surface area is 108 Å². The fourth-order valence-electron chi connectivity index (χ4n) is 2.37. The molecule has 1 aromatic carbocycles. The van der Waals surface area contributed by atoms with Crippen LogP contribution in [0.25, 0.3) is 0 Å². The fourth-order valence-corrected chi connectivity index (χ4v) is 2.37. The van der Waals surface area contributed by atoms with E-state index in [0.717, 1.165) is 11.3 Å². The summed E-state index contributed by atoms with van der Waals surface area (Å²) < 4.78 is 5.34. The minimum absolute atomic E-state index is 0.109. The molecule has 4 heteroatoms. The zero-order valence-electron chi connectivity index (χ0n) is 11.2. The Bertz CT molecular complexity index is 445. The van der Waals surface area contributed by atoms with Crippen molar-refractivity contribution in [2.24, 2.45) is 0 Å². The van der Waals surface area contributed by atoms with Crippen molar-refractivity contribution < 1.29 is 9.53 Å². The Hall–Kier alpha value is -1.39. The topological polar surface area (TPSA) is 41.6 Å². The number of amides is 1. The van der Waals surface area contributed by atoms with Crippen molar-refractivity contribution in [3.63, 3.8) is 0 Å². The van der Waals surface area contributed by atoms with Crippen molar-refractivity contribution in [2.75, 3.05) is 31.7 Å². The maximum atomic E-state index is 12.3. The molecule has 1 aliphatic heterocycles. The lowest BCUT2D eigenvalue weighted by Crippen LogP contribution is -2.35. The van der Waals surface area contributed by atoms with Gasteiger partial charge in [-0.15, -0.1) is 0 Å². The van der Waals surface area contributed by atoms with Crippen LogP contribution in [0.15, 0.2) is 18.2 Å². The van der Waals surface area contributed by atoms with E-state index >= 15 is 0 Å². The summed E-state index contributed by atoms with van der Waals surface area (Å²) in [6, 6.07) is 5.92. The molecule has 0 saturated carbocycles. The summed E-state index contributed by atoms with van der Waals surface area (Å²) in [7, 11) is 1.82. The maximum absolute atomic E-state index is 12.3. The van der Waals surface area contributed by atoms with Gasteiger partial charge in [0.2, 0.25) is 5.91 Å². The minimum atomic E-state index is -0.221. The predicted molar refractivity (Wildman–Crippen MR) is 71.8 cm³/mol. The fraction of sp³-hybridized carbons (Fsp3) is 0.500. The van der Waals surface area contributed by atoms with E-state index in [-0.39, 0.29) is 11.9 Å². The number of fused-ring (bicyclic) bond motifs is 1. The highest BCUT2D eigenvalue weighted by Crippen LogP contribution is 2.35. The molecule has 1 heterocycles. The Morgan fingerprint density at radius 2 is 2.22 bits per heavy atom. The van der Waals surface area contributed by atoms with E-state index in [0.29, 0.717) is 19.8 Å². The van der Waals surface area contributed by atoms with Crippen molar-refractivity contribution in [1.29, 1.82) is 0 Å². The molecule has 0 radical (unpaired) electrons. The second-order valence-electron chi connectivity index (χ2n) is 4.47. The number of hydrogen-bond donors (Lipinski definition) is 1. The van der Waals surface area contributed by atoms with Crippen LogP contribution in [0.5, 0.6) is 0 Å². The van der Waals surface area contributed by atoms with Gasteiger partial charge in [0, 0.05) is 24.4 Å². The summed E-state index contributed by atoms with van der Waals surface area (Å²) in [4.78, 5) is 14.1. The van der Waals surface area contributed by atoms with Crippen molar-refractivity contribution in [3.8, 4) is 0 Å². The molecule has 1 aromatic rings. The highest BCUT2D eigenvalue weighted by Gasteiger charge is 2.35. The van der Waals surface area contributed by atoms with E-state index in [2.05, 4.69) is 11.4 Å². The highest BCUT2D eigenvalue weighted by atomic mass is 16.5. The number of carbonyl (C=O) groups excluding carboxylic acids is 1. The van der Waals surface area contributed by atoms with Crippen molar-refractivity contribution >= 4 is 11.6 Å². The van der Waals surface area contributed by atoms with E-state index < -0.39 is 0 Å². The quantitative estimate of drug-likeness (QED) is 0.805.